The third-order valence-electron chi connectivity index (χ3n) is 2.99. The molecule has 5 nitrogen and oxygen atoms in total. The Morgan fingerprint density at radius 2 is 2.09 bits per heavy atom. The highest BCUT2D eigenvalue weighted by Crippen LogP contribution is 2.18. The smallest absolute Gasteiger partial charge is 0.209 e. The summed E-state index contributed by atoms with van der Waals surface area (Å²) in [6.07, 6.45) is 0. The van der Waals surface area contributed by atoms with Crippen LogP contribution in [0.3, 0.4) is 0 Å². The highest BCUT2D eigenvalue weighted by molar-refractivity contribution is 7.99. The maximum Gasteiger partial charge on any atom is 0.209 e. The van der Waals surface area contributed by atoms with Crippen LogP contribution in [-0.4, -0.2) is 32.6 Å². The Kier molecular flexibility index (Phi) is 5.07. The van der Waals surface area contributed by atoms with Crippen molar-refractivity contribution in [2.45, 2.75) is 18.6 Å². The van der Waals surface area contributed by atoms with Crippen molar-refractivity contribution < 1.29 is 4.74 Å². The third-order valence-corrected chi connectivity index (χ3v) is 4.77. The number of aromatic nitrogens is 4. The fourth-order valence-electron chi connectivity index (χ4n) is 1.88. The molecule has 2 heterocycles. The molecule has 0 saturated carbocycles. The van der Waals surface area contributed by atoms with Crippen molar-refractivity contribution >= 4 is 23.1 Å². The Hall–Kier alpha value is -1.86. The largest absolute Gasteiger partial charge is 0.493 e. The molecule has 3 aromatic rings. The lowest BCUT2D eigenvalue weighted by Gasteiger charge is -2.06. The molecular formula is C15H16N4OS2. The predicted octanol–water partition coefficient (Wildman–Crippen LogP) is 3.26. The van der Waals surface area contributed by atoms with Gasteiger partial charge in [-0.3, -0.25) is 0 Å². The van der Waals surface area contributed by atoms with Gasteiger partial charge < -0.3 is 4.74 Å². The Balaban J connectivity index is 1.48. The van der Waals surface area contributed by atoms with Crippen LogP contribution in [0, 0.1) is 6.92 Å². The maximum absolute atomic E-state index is 5.71. The Morgan fingerprint density at radius 3 is 2.86 bits per heavy atom. The summed E-state index contributed by atoms with van der Waals surface area (Å²) in [7, 11) is 0. The molecule has 7 heteroatoms. The summed E-state index contributed by atoms with van der Waals surface area (Å²) in [6.45, 7) is 3.40. The predicted molar refractivity (Wildman–Crippen MR) is 88.6 cm³/mol. The zero-order valence-corrected chi connectivity index (χ0v) is 13.8. The quantitative estimate of drug-likeness (QED) is 0.491. The molecule has 0 amide bonds. The number of benzene rings is 1. The molecule has 0 aliphatic rings. The first-order valence-electron chi connectivity index (χ1n) is 6.92. The summed E-state index contributed by atoms with van der Waals surface area (Å²) in [4.78, 5) is 1.24. The van der Waals surface area contributed by atoms with Crippen molar-refractivity contribution in [2.24, 2.45) is 0 Å². The van der Waals surface area contributed by atoms with Crippen LogP contribution in [0.2, 0.25) is 0 Å². The van der Waals surface area contributed by atoms with Crippen molar-refractivity contribution in [1.29, 1.82) is 0 Å². The lowest BCUT2D eigenvalue weighted by Crippen LogP contribution is -2.05. The second-order valence-corrected chi connectivity index (χ2v) is 6.80. The van der Waals surface area contributed by atoms with E-state index in [1.807, 2.05) is 35.0 Å². The van der Waals surface area contributed by atoms with Gasteiger partial charge in [-0.15, -0.1) is 16.4 Å². The zero-order chi connectivity index (χ0) is 15.2. The molecule has 0 unspecified atom stereocenters. The highest BCUT2D eigenvalue weighted by atomic mass is 32.2. The fourth-order valence-corrected chi connectivity index (χ4v) is 3.26. The molecular weight excluding hydrogens is 316 g/mol. The third kappa shape index (κ3) is 4.08. The average Bonchev–Trinajstić information content (AvgIpc) is 3.18. The lowest BCUT2D eigenvalue weighted by atomic mass is 10.2. The van der Waals surface area contributed by atoms with Gasteiger partial charge >= 0.3 is 0 Å². The molecule has 0 atom stereocenters. The van der Waals surface area contributed by atoms with E-state index in [2.05, 4.69) is 33.9 Å². The van der Waals surface area contributed by atoms with Crippen LogP contribution in [0.4, 0.5) is 0 Å². The number of nitrogens with zero attached hydrogens (tertiary/aromatic N) is 4. The Morgan fingerprint density at radius 1 is 1.23 bits per heavy atom. The van der Waals surface area contributed by atoms with Crippen LogP contribution in [0.1, 0.15) is 10.4 Å². The number of rotatable bonds is 7. The Labute approximate surface area is 137 Å². The second kappa shape index (κ2) is 7.42. The molecule has 0 N–H and O–H groups in total. The summed E-state index contributed by atoms with van der Waals surface area (Å²) in [5.74, 6) is 1.70. The summed E-state index contributed by atoms with van der Waals surface area (Å²) >= 11 is 3.31. The van der Waals surface area contributed by atoms with Gasteiger partial charge in [-0.05, 0) is 40.9 Å². The lowest BCUT2D eigenvalue weighted by molar-refractivity contribution is 0.343. The van der Waals surface area contributed by atoms with Gasteiger partial charge in [0.15, 0.2) is 0 Å². The topological polar surface area (TPSA) is 52.8 Å². The molecule has 1 aromatic carbocycles. The van der Waals surface area contributed by atoms with Crippen molar-refractivity contribution in [1.82, 2.24) is 20.2 Å². The molecule has 3 rings (SSSR count). The minimum atomic E-state index is 0.625. The molecule has 0 radical (unpaired) electrons. The van der Waals surface area contributed by atoms with Crippen molar-refractivity contribution in [2.75, 3.05) is 12.4 Å². The molecule has 114 valence electrons. The summed E-state index contributed by atoms with van der Waals surface area (Å²) in [5.41, 5.74) is 1.23. The number of tetrazole rings is 1. The van der Waals surface area contributed by atoms with Gasteiger partial charge in [0.25, 0.3) is 0 Å². The van der Waals surface area contributed by atoms with E-state index < -0.39 is 0 Å². The van der Waals surface area contributed by atoms with Crippen LogP contribution in [0.15, 0.2) is 46.9 Å². The summed E-state index contributed by atoms with van der Waals surface area (Å²) < 4.78 is 7.53. The standard InChI is InChI=1S/C15H16N4OS2/c1-12-4-6-13(7-5-12)20-8-10-22-15-16-17-18-19(15)11-14-3-2-9-21-14/h2-7,9H,8,10-11H2,1H3. The van der Waals surface area contributed by atoms with E-state index in [1.54, 1.807) is 23.1 Å². The number of hydrogen-bond donors (Lipinski definition) is 0. The van der Waals surface area contributed by atoms with Gasteiger partial charge in [-0.25, -0.2) is 4.68 Å². The molecule has 0 bridgehead atoms. The molecule has 0 fully saturated rings. The van der Waals surface area contributed by atoms with Gasteiger partial charge in [0, 0.05) is 10.6 Å². The van der Waals surface area contributed by atoms with Gasteiger partial charge in [0.2, 0.25) is 5.16 Å². The summed E-state index contributed by atoms with van der Waals surface area (Å²) in [6, 6.07) is 12.2. The number of hydrogen-bond acceptors (Lipinski definition) is 6. The molecule has 22 heavy (non-hydrogen) atoms. The van der Waals surface area contributed by atoms with Gasteiger partial charge in [-0.1, -0.05) is 35.5 Å². The van der Waals surface area contributed by atoms with Crippen molar-refractivity contribution in [3.8, 4) is 5.75 Å². The first-order chi connectivity index (χ1) is 10.8. The van der Waals surface area contributed by atoms with Gasteiger partial charge in [0.1, 0.15) is 5.75 Å². The molecule has 0 spiro atoms. The second-order valence-electron chi connectivity index (χ2n) is 4.71. The minimum Gasteiger partial charge on any atom is -0.493 e. The zero-order valence-electron chi connectivity index (χ0n) is 12.2. The van der Waals surface area contributed by atoms with Crippen LogP contribution in [0.5, 0.6) is 5.75 Å². The van der Waals surface area contributed by atoms with E-state index in [0.29, 0.717) is 13.2 Å². The van der Waals surface area contributed by atoms with Gasteiger partial charge in [0.05, 0.1) is 13.2 Å². The van der Waals surface area contributed by atoms with E-state index in [1.165, 1.54) is 10.4 Å². The summed E-state index contributed by atoms with van der Waals surface area (Å²) in [5, 5.41) is 14.7. The van der Waals surface area contributed by atoms with Crippen molar-refractivity contribution in [3.05, 3.63) is 52.2 Å². The molecule has 0 saturated heterocycles. The maximum atomic E-state index is 5.71. The van der Waals surface area contributed by atoms with E-state index in [0.717, 1.165) is 16.7 Å². The number of thioether (sulfide) groups is 1. The molecule has 0 aliphatic carbocycles. The normalized spacial score (nSPS) is 10.8. The van der Waals surface area contributed by atoms with Crippen LogP contribution in [0.25, 0.3) is 0 Å². The van der Waals surface area contributed by atoms with Crippen LogP contribution < -0.4 is 4.74 Å². The van der Waals surface area contributed by atoms with E-state index in [4.69, 9.17) is 4.74 Å². The van der Waals surface area contributed by atoms with E-state index in [9.17, 15) is 0 Å². The van der Waals surface area contributed by atoms with Crippen molar-refractivity contribution in [3.63, 3.8) is 0 Å². The molecule has 0 aliphatic heterocycles. The highest BCUT2D eigenvalue weighted by Gasteiger charge is 2.08. The Bertz CT molecular complexity index is 695. The number of ether oxygens (including phenoxy) is 1. The number of thiophene rings is 1. The van der Waals surface area contributed by atoms with E-state index in [-0.39, 0.29) is 0 Å². The fraction of sp³-hybridized carbons (Fsp3) is 0.267. The average molecular weight is 332 g/mol. The van der Waals surface area contributed by atoms with Crippen LogP contribution in [-0.2, 0) is 6.54 Å². The number of aryl methyl sites for hydroxylation is 1. The minimum absolute atomic E-state index is 0.625. The molecule has 2 aromatic heterocycles. The van der Waals surface area contributed by atoms with Crippen LogP contribution >= 0.6 is 23.1 Å². The van der Waals surface area contributed by atoms with Gasteiger partial charge in [-0.2, -0.15) is 0 Å². The van der Waals surface area contributed by atoms with E-state index >= 15 is 0 Å². The first-order valence-corrected chi connectivity index (χ1v) is 8.78. The SMILES string of the molecule is Cc1ccc(OCCSc2nnnn2Cc2cccs2)cc1. The first kappa shape index (κ1) is 15.1. The monoisotopic (exact) mass is 332 g/mol.